The van der Waals surface area contributed by atoms with Gasteiger partial charge in [0.25, 0.3) is 0 Å². The van der Waals surface area contributed by atoms with Gasteiger partial charge >= 0.3 is 0 Å². The van der Waals surface area contributed by atoms with Crippen LogP contribution in [0.25, 0.3) is 0 Å². The first-order valence-electron chi connectivity index (χ1n) is 8.38. The average Bonchev–Trinajstić information content (AvgIpc) is 3.29. The highest BCUT2D eigenvalue weighted by Crippen LogP contribution is 2.32. The van der Waals surface area contributed by atoms with Crippen molar-refractivity contribution >= 4 is 22.3 Å². The Morgan fingerprint density at radius 3 is 3.12 bits per heavy atom. The third-order valence-electron chi connectivity index (χ3n) is 4.34. The predicted octanol–water partition coefficient (Wildman–Crippen LogP) is 2.83. The molecule has 0 spiro atoms. The van der Waals surface area contributed by atoms with Crippen molar-refractivity contribution in [2.45, 2.75) is 38.8 Å². The van der Waals surface area contributed by atoms with Gasteiger partial charge in [0.15, 0.2) is 0 Å². The van der Waals surface area contributed by atoms with E-state index in [1.807, 2.05) is 19.2 Å². The Balaban J connectivity index is 1.58. The van der Waals surface area contributed by atoms with E-state index in [1.54, 1.807) is 11.8 Å². The minimum Gasteiger partial charge on any atom is -0.347 e. The van der Waals surface area contributed by atoms with Gasteiger partial charge in [-0.15, -0.1) is 10.2 Å². The number of aromatic nitrogens is 6. The average molecular weight is 356 g/mol. The molecule has 3 aromatic rings. The number of imidazole rings is 1. The van der Waals surface area contributed by atoms with E-state index in [0.29, 0.717) is 0 Å². The second-order valence-corrected chi connectivity index (χ2v) is 6.99. The number of aryl methyl sites for hydroxylation is 1. The molecule has 2 N–H and O–H groups in total. The number of nitrogens with one attached hydrogen (secondary N) is 2. The number of H-pyrrole nitrogens is 1. The summed E-state index contributed by atoms with van der Waals surface area (Å²) < 4.78 is 0. The van der Waals surface area contributed by atoms with Crippen LogP contribution in [0.15, 0.2) is 24.1 Å². The summed E-state index contributed by atoms with van der Waals surface area (Å²) in [5.74, 6) is 1.53. The van der Waals surface area contributed by atoms with Crippen molar-refractivity contribution < 1.29 is 0 Å². The summed E-state index contributed by atoms with van der Waals surface area (Å²) in [6.07, 6.45) is 7.15. The second-order valence-electron chi connectivity index (χ2n) is 6.15. The van der Waals surface area contributed by atoms with Crippen molar-refractivity contribution in [1.82, 2.24) is 35.0 Å². The van der Waals surface area contributed by atoms with Crippen LogP contribution in [-0.4, -0.2) is 41.6 Å². The number of piperidine rings is 1. The molecule has 0 unspecified atom stereocenters. The van der Waals surface area contributed by atoms with E-state index in [2.05, 4.69) is 35.4 Å². The van der Waals surface area contributed by atoms with Gasteiger partial charge in [0.1, 0.15) is 17.2 Å². The summed E-state index contributed by atoms with van der Waals surface area (Å²) in [6, 6.07) is 2.32. The summed E-state index contributed by atoms with van der Waals surface area (Å²) in [6.45, 7) is 3.84. The molecule has 0 aliphatic carbocycles. The normalized spacial score (nSPS) is 18.4. The van der Waals surface area contributed by atoms with E-state index in [4.69, 9.17) is 4.98 Å². The lowest BCUT2D eigenvalue weighted by Crippen LogP contribution is -2.33. The molecule has 3 aromatic heterocycles. The molecule has 1 atom stereocenters. The van der Waals surface area contributed by atoms with Crippen LogP contribution >= 0.6 is 11.3 Å². The van der Waals surface area contributed by atoms with Gasteiger partial charge in [-0.25, -0.2) is 15.0 Å². The molecule has 1 saturated heterocycles. The largest absolute Gasteiger partial charge is 0.347 e. The maximum atomic E-state index is 4.72. The van der Waals surface area contributed by atoms with E-state index in [1.165, 1.54) is 24.2 Å². The van der Waals surface area contributed by atoms with Gasteiger partial charge in [0.2, 0.25) is 5.13 Å². The van der Waals surface area contributed by atoms with Gasteiger partial charge in [0.05, 0.1) is 18.1 Å². The molecule has 1 aliphatic heterocycles. The molecular weight excluding hydrogens is 336 g/mol. The topological polar surface area (TPSA) is 95.5 Å². The zero-order valence-electron chi connectivity index (χ0n) is 14.0. The van der Waals surface area contributed by atoms with Crippen LogP contribution in [0.3, 0.4) is 0 Å². The van der Waals surface area contributed by atoms with Crippen LogP contribution in [0, 0.1) is 6.92 Å². The quantitative estimate of drug-likeness (QED) is 0.725. The second kappa shape index (κ2) is 7.24. The Bertz CT molecular complexity index is 802. The fraction of sp³-hybridized carbons (Fsp3) is 0.438. The van der Waals surface area contributed by atoms with E-state index in [9.17, 15) is 0 Å². The van der Waals surface area contributed by atoms with Crippen LogP contribution in [0.2, 0.25) is 0 Å². The van der Waals surface area contributed by atoms with E-state index in [-0.39, 0.29) is 6.04 Å². The number of hydrogen-bond donors (Lipinski definition) is 2. The monoisotopic (exact) mass is 356 g/mol. The van der Waals surface area contributed by atoms with Crippen LogP contribution in [-0.2, 0) is 6.54 Å². The zero-order chi connectivity index (χ0) is 17.1. The van der Waals surface area contributed by atoms with Crippen LogP contribution in [0.1, 0.15) is 42.5 Å². The Morgan fingerprint density at radius 2 is 2.32 bits per heavy atom. The third-order valence-corrected chi connectivity index (χ3v) is 4.94. The number of rotatable bonds is 5. The predicted molar refractivity (Wildman–Crippen MR) is 95.6 cm³/mol. The number of anilines is 2. The van der Waals surface area contributed by atoms with Crippen molar-refractivity contribution in [3.8, 4) is 0 Å². The fourth-order valence-electron chi connectivity index (χ4n) is 3.27. The standard InChI is InChI=1S/C16H20N8S/c1-11-20-13(6-15(21-11)22-16-23-19-10-25-16)14-4-2-3-5-24(14)8-12-7-17-9-18-12/h6-7,9-10,14H,2-5,8H2,1H3,(H,17,18)(H,20,21,22,23)/t14-/m1/s1. The number of hydrogen-bond acceptors (Lipinski definition) is 8. The highest BCUT2D eigenvalue weighted by atomic mass is 32.1. The van der Waals surface area contributed by atoms with Crippen molar-refractivity contribution in [3.63, 3.8) is 0 Å². The molecule has 0 radical (unpaired) electrons. The molecule has 8 nitrogen and oxygen atoms in total. The first-order valence-corrected chi connectivity index (χ1v) is 9.26. The number of aromatic amines is 1. The molecule has 4 heterocycles. The summed E-state index contributed by atoms with van der Waals surface area (Å²) in [4.78, 5) is 19.0. The van der Waals surface area contributed by atoms with Crippen LogP contribution in [0.4, 0.5) is 10.9 Å². The highest BCUT2D eigenvalue weighted by Gasteiger charge is 2.26. The van der Waals surface area contributed by atoms with Gasteiger partial charge < -0.3 is 10.3 Å². The Morgan fingerprint density at radius 1 is 1.36 bits per heavy atom. The lowest BCUT2D eigenvalue weighted by atomic mass is 9.98. The molecular formula is C16H20N8S. The molecule has 0 saturated carbocycles. The Kier molecular flexibility index (Phi) is 4.66. The molecule has 1 aliphatic rings. The third kappa shape index (κ3) is 3.83. The van der Waals surface area contributed by atoms with Crippen molar-refractivity contribution in [2.24, 2.45) is 0 Å². The zero-order valence-corrected chi connectivity index (χ0v) is 14.8. The first kappa shape index (κ1) is 16.1. The molecule has 9 heteroatoms. The summed E-state index contributed by atoms with van der Waals surface area (Å²) >= 11 is 1.45. The van der Waals surface area contributed by atoms with Crippen LogP contribution < -0.4 is 5.32 Å². The van der Waals surface area contributed by atoms with Gasteiger partial charge in [-0.2, -0.15) is 0 Å². The molecule has 0 amide bonds. The lowest BCUT2D eigenvalue weighted by molar-refractivity contribution is 0.135. The van der Waals surface area contributed by atoms with Gasteiger partial charge in [-0.1, -0.05) is 17.8 Å². The Labute approximate surface area is 149 Å². The van der Waals surface area contributed by atoms with E-state index < -0.39 is 0 Å². The highest BCUT2D eigenvalue weighted by molar-refractivity contribution is 7.13. The summed E-state index contributed by atoms with van der Waals surface area (Å²) in [5.41, 5.74) is 3.88. The van der Waals surface area contributed by atoms with E-state index >= 15 is 0 Å². The van der Waals surface area contributed by atoms with Crippen molar-refractivity contribution in [3.05, 3.63) is 41.3 Å². The van der Waals surface area contributed by atoms with E-state index in [0.717, 1.165) is 47.7 Å². The molecule has 0 bridgehead atoms. The van der Waals surface area contributed by atoms with Gasteiger partial charge in [-0.05, 0) is 26.3 Å². The number of nitrogens with zero attached hydrogens (tertiary/aromatic N) is 6. The lowest BCUT2D eigenvalue weighted by Gasteiger charge is -2.35. The van der Waals surface area contributed by atoms with Crippen molar-refractivity contribution in [2.75, 3.05) is 11.9 Å². The minimum atomic E-state index is 0.286. The molecule has 4 rings (SSSR count). The molecule has 0 aromatic carbocycles. The molecule has 130 valence electrons. The Hall–Kier alpha value is -2.39. The maximum absolute atomic E-state index is 4.72. The number of likely N-dealkylation sites (tertiary alicyclic amines) is 1. The minimum absolute atomic E-state index is 0.286. The maximum Gasteiger partial charge on any atom is 0.210 e. The summed E-state index contributed by atoms with van der Waals surface area (Å²) in [5, 5.41) is 11.8. The van der Waals surface area contributed by atoms with Gasteiger partial charge in [0, 0.05) is 24.5 Å². The van der Waals surface area contributed by atoms with Crippen molar-refractivity contribution in [1.29, 1.82) is 0 Å². The molecule has 25 heavy (non-hydrogen) atoms. The summed E-state index contributed by atoms with van der Waals surface area (Å²) in [7, 11) is 0. The molecule has 1 fully saturated rings. The first-order chi connectivity index (χ1) is 12.3. The van der Waals surface area contributed by atoms with Crippen LogP contribution in [0.5, 0.6) is 0 Å². The van der Waals surface area contributed by atoms with Gasteiger partial charge in [-0.3, -0.25) is 4.90 Å². The smallest absolute Gasteiger partial charge is 0.210 e. The SMILES string of the molecule is Cc1nc(Nc2nncs2)cc([C@H]2CCCCN2Cc2cnc[nH]2)n1. The fourth-order valence-corrected chi connectivity index (χ4v) is 3.72.